The molecule has 0 unspecified atom stereocenters. The SMILES string of the molecule is O=C1c2cccc(F)c2C(=O)N1c1ccc(C(F)(F)C(F)(F)C(F)(F)C(F)(F)C(F)(F)C(F)(F)F)cc1. The average Bonchev–Trinajstić information content (AvgIpc) is 3.03. The van der Waals surface area contributed by atoms with Crippen molar-refractivity contribution in [2.75, 3.05) is 4.90 Å². The number of rotatable bonds is 6. The number of anilines is 1. The highest BCUT2D eigenvalue weighted by molar-refractivity contribution is 6.34. The highest BCUT2D eigenvalue weighted by Crippen LogP contribution is 2.62. The van der Waals surface area contributed by atoms with E-state index in [4.69, 9.17) is 0 Å². The van der Waals surface area contributed by atoms with Gasteiger partial charge < -0.3 is 0 Å². The summed E-state index contributed by atoms with van der Waals surface area (Å²) in [6, 6.07) is 2.84. The lowest BCUT2D eigenvalue weighted by Gasteiger charge is -2.39. The van der Waals surface area contributed by atoms with Crippen molar-refractivity contribution in [3.8, 4) is 0 Å². The number of alkyl halides is 13. The molecule has 17 heteroatoms. The van der Waals surface area contributed by atoms with Crippen LogP contribution in [0.15, 0.2) is 42.5 Å². The molecule has 0 saturated heterocycles. The molecule has 2 aromatic rings. The standard InChI is InChI=1S/C20H7F14NO2/c21-11-3-1-2-10-12(11)14(37)35(13(10)36)9-6-4-8(5-7-9)15(22,23)16(24,25)17(26,27)18(28,29)19(30,31)20(32,33)34/h1-7H. The Bertz CT molecular complexity index is 1250. The van der Waals surface area contributed by atoms with Crippen LogP contribution in [-0.4, -0.2) is 41.7 Å². The van der Waals surface area contributed by atoms with Gasteiger partial charge in [-0.3, -0.25) is 9.59 Å². The van der Waals surface area contributed by atoms with Crippen LogP contribution in [0, 0.1) is 5.82 Å². The number of imide groups is 1. The molecule has 0 atom stereocenters. The van der Waals surface area contributed by atoms with Crippen molar-refractivity contribution in [1.29, 1.82) is 0 Å². The molecule has 1 aliphatic heterocycles. The Kier molecular flexibility index (Phi) is 6.13. The molecule has 0 N–H and O–H groups in total. The van der Waals surface area contributed by atoms with Crippen molar-refractivity contribution in [2.24, 2.45) is 0 Å². The van der Waals surface area contributed by atoms with Gasteiger partial charge in [0, 0.05) is 5.56 Å². The first-order chi connectivity index (χ1) is 16.6. The molecule has 0 spiro atoms. The van der Waals surface area contributed by atoms with Crippen LogP contribution in [0.4, 0.5) is 67.2 Å². The maximum atomic E-state index is 14.3. The number of hydrogen-bond acceptors (Lipinski definition) is 2. The molecule has 0 bridgehead atoms. The van der Waals surface area contributed by atoms with E-state index in [9.17, 15) is 71.1 Å². The Morgan fingerprint density at radius 2 is 1.05 bits per heavy atom. The second-order valence-corrected chi connectivity index (χ2v) is 7.52. The lowest BCUT2D eigenvalue weighted by atomic mass is 9.90. The van der Waals surface area contributed by atoms with Gasteiger partial charge in [0.1, 0.15) is 5.82 Å². The highest BCUT2D eigenvalue weighted by Gasteiger charge is 2.90. The monoisotopic (exact) mass is 559 g/mol. The van der Waals surface area contributed by atoms with E-state index >= 15 is 0 Å². The number of carbonyl (C=O) groups is 2. The Morgan fingerprint density at radius 3 is 1.51 bits per heavy atom. The van der Waals surface area contributed by atoms with Crippen molar-refractivity contribution in [2.45, 2.75) is 35.8 Å². The maximum Gasteiger partial charge on any atom is 0.460 e. The molecule has 1 heterocycles. The van der Waals surface area contributed by atoms with Gasteiger partial charge in [0.2, 0.25) is 0 Å². The van der Waals surface area contributed by atoms with E-state index in [0.717, 1.165) is 18.2 Å². The van der Waals surface area contributed by atoms with E-state index in [1.165, 1.54) is 0 Å². The van der Waals surface area contributed by atoms with Gasteiger partial charge in [0.25, 0.3) is 11.8 Å². The third kappa shape index (κ3) is 3.64. The molecule has 0 fully saturated rings. The summed E-state index contributed by atoms with van der Waals surface area (Å²) in [4.78, 5) is 24.8. The summed E-state index contributed by atoms with van der Waals surface area (Å²) in [6.45, 7) is 0. The smallest absolute Gasteiger partial charge is 0.268 e. The lowest BCUT2D eigenvalue weighted by molar-refractivity contribution is -0.441. The van der Waals surface area contributed by atoms with Crippen LogP contribution in [0.2, 0.25) is 0 Å². The Hall–Kier alpha value is -3.40. The second-order valence-electron chi connectivity index (χ2n) is 7.52. The average molecular weight is 559 g/mol. The summed E-state index contributed by atoms with van der Waals surface area (Å²) in [5, 5.41) is 0. The van der Waals surface area contributed by atoms with Crippen molar-refractivity contribution >= 4 is 17.5 Å². The van der Waals surface area contributed by atoms with Crippen LogP contribution in [-0.2, 0) is 5.92 Å². The molecule has 3 nitrogen and oxygen atoms in total. The summed E-state index contributed by atoms with van der Waals surface area (Å²) in [7, 11) is 0. The van der Waals surface area contributed by atoms with Gasteiger partial charge in [0.15, 0.2) is 0 Å². The summed E-state index contributed by atoms with van der Waals surface area (Å²) >= 11 is 0. The molecule has 2 amide bonds. The Balaban J connectivity index is 2.00. The van der Waals surface area contributed by atoms with Gasteiger partial charge in [-0.2, -0.15) is 57.1 Å². The molecule has 1 aliphatic rings. The van der Waals surface area contributed by atoms with Crippen LogP contribution in [0.25, 0.3) is 0 Å². The fraction of sp³-hybridized carbons (Fsp3) is 0.300. The third-order valence-corrected chi connectivity index (χ3v) is 5.29. The van der Waals surface area contributed by atoms with Gasteiger partial charge >= 0.3 is 35.8 Å². The largest absolute Gasteiger partial charge is 0.460 e. The number of amides is 2. The lowest BCUT2D eigenvalue weighted by Crippen LogP contribution is -2.69. The fourth-order valence-electron chi connectivity index (χ4n) is 3.25. The number of nitrogens with zero attached hydrogens (tertiary/aromatic N) is 1. The predicted octanol–water partition coefficient (Wildman–Crippen LogP) is 6.82. The zero-order valence-corrected chi connectivity index (χ0v) is 17.1. The van der Waals surface area contributed by atoms with Crippen molar-refractivity contribution < 1.29 is 71.1 Å². The molecule has 0 saturated carbocycles. The van der Waals surface area contributed by atoms with Crippen LogP contribution < -0.4 is 4.90 Å². The molecule has 202 valence electrons. The molecule has 3 rings (SSSR count). The number of hydrogen-bond donors (Lipinski definition) is 0. The minimum absolute atomic E-state index is 0.153. The normalized spacial score (nSPS) is 15.9. The molecule has 0 radical (unpaired) electrons. The van der Waals surface area contributed by atoms with Gasteiger partial charge in [0.05, 0.1) is 16.8 Å². The maximum absolute atomic E-state index is 14.3. The summed E-state index contributed by atoms with van der Waals surface area (Å²) < 4.78 is 187. The van der Waals surface area contributed by atoms with Crippen LogP contribution >= 0.6 is 0 Å². The van der Waals surface area contributed by atoms with Crippen LogP contribution in [0.5, 0.6) is 0 Å². The van der Waals surface area contributed by atoms with E-state index < -0.39 is 75.8 Å². The van der Waals surface area contributed by atoms with Crippen molar-refractivity contribution in [3.63, 3.8) is 0 Å². The van der Waals surface area contributed by atoms with Gasteiger partial charge in [-0.25, -0.2) is 9.29 Å². The third-order valence-electron chi connectivity index (χ3n) is 5.29. The second kappa shape index (κ2) is 8.05. The number of halogens is 14. The topological polar surface area (TPSA) is 37.4 Å². The first-order valence-corrected chi connectivity index (χ1v) is 9.29. The minimum Gasteiger partial charge on any atom is -0.268 e. The van der Waals surface area contributed by atoms with Gasteiger partial charge in [-0.1, -0.05) is 18.2 Å². The number of carbonyl (C=O) groups excluding carboxylic acids is 2. The van der Waals surface area contributed by atoms with Crippen LogP contribution in [0.1, 0.15) is 26.3 Å². The first kappa shape index (κ1) is 28.2. The fourth-order valence-corrected chi connectivity index (χ4v) is 3.25. The van der Waals surface area contributed by atoms with E-state index in [1.807, 2.05) is 0 Å². The number of fused-ring (bicyclic) bond motifs is 1. The first-order valence-electron chi connectivity index (χ1n) is 9.29. The molecule has 37 heavy (non-hydrogen) atoms. The van der Waals surface area contributed by atoms with Crippen LogP contribution in [0.3, 0.4) is 0 Å². The highest BCUT2D eigenvalue weighted by atomic mass is 19.4. The summed E-state index contributed by atoms with van der Waals surface area (Å²) in [6.07, 6.45) is -7.53. The molecule has 0 aliphatic carbocycles. The summed E-state index contributed by atoms with van der Waals surface area (Å²) in [5.41, 5.74) is -4.29. The van der Waals surface area contributed by atoms with Gasteiger partial charge in [-0.05, 0) is 24.3 Å². The molecule has 0 aromatic heterocycles. The molecular formula is C20H7F14NO2. The van der Waals surface area contributed by atoms with Gasteiger partial charge in [-0.15, -0.1) is 0 Å². The Labute approximate surface area is 195 Å². The summed E-state index contributed by atoms with van der Waals surface area (Å²) in [5.74, 6) is -41.7. The van der Waals surface area contributed by atoms with E-state index in [-0.39, 0.29) is 29.2 Å². The van der Waals surface area contributed by atoms with E-state index in [1.54, 1.807) is 0 Å². The molecule has 2 aromatic carbocycles. The van der Waals surface area contributed by atoms with E-state index in [2.05, 4.69) is 0 Å². The quantitative estimate of drug-likeness (QED) is 0.288. The Morgan fingerprint density at radius 1 is 0.568 bits per heavy atom. The predicted molar refractivity (Wildman–Crippen MR) is 93.7 cm³/mol. The zero-order valence-electron chi connectivity index (χ0n) is 17.1. The number of benzene rings is 2. The minimum atomic E-state index is -8.05. The van der Waals surface area contributed by atoms with Crippen molar-refractivity contribution in [1.82, 2.24) is 0 Å². The van der Waals surface area contributed by atoms with E-state index in [0.29, 0.717) is 0 Å². The van der Waals surface area contributed by atoms with Crippen molar-refractivity contribution in [3.05, 3.63) is 65.0 Å². The zero-order chi connectivity index (χ0) is 28.6. The molecular weight excluding hydrogens is 552 g/mol.